The quantitative estimate of drug-likeness (QED) is 0.474. The van der Waals surface area contributed by atoms with Crippen molar-refractivity contribution in [1.29, 1.82) is 0 Å². The summed E-state index contributed by atoms with van der Waals surface area (Å²) in [6.07, 6.45) is 4.90. The molecule has 0 radical (unpaired) electrons. The van der Waals surface area contributed by atoms with Gasteiger partial charge in [-0.2, -0.15) is 0 Å². The molecule has 0 fully saturated rings. The molecule has 13 heavy (non-hydrogen) atoms. The number of nitrogens with one attached hydrogen (secondary N) is 1. The zero-order chi connectivity index (χ0) is 10.3. The molecule has 0 spiro atoms. The first kappa shape index (κ1) is 11.5. The SMILES string of the molecule is C#CCNC(=O)[C@@H](N)CCC(=O)O. The molecular weight excluding hydrogens is 172 g/mol. The molecule has 1 atom stereocenters. The van der Waals surface area contributed by atoms with Crippen LogP contribution in [0.2, 0.25) is 0 Å². The van der Waals surface area contributed by atoms with Gasteiger partial charge in [0.2, 0.25) is 5.91 Å². The molecule has 0 aromatic carbocycles. The molecule has 0 rings (SSSR count). The summed E-state index contributed by atoms with van der Waals surface area (Å²) in [4.78, 5) is 21.1. The van der Waals surface area contributed by atoms with Gasteiger partial charge in [-0.3, -0.25) is 9.59 Å². The van der Waals surface area contributed by atoms with Gasteiger partial charge >= 0.3 is 5.97 Å². The average Bonchev–Trinajstić information content (AvgIpc) is 2.10. The molecule has 0 saturated heterocycles. The third kappa shape index (κ3) is 5.70. The van der Waals surface area contributed by atoms with Crippen molar-refractivity contribution in [2.24, 2.45) is 5.73 Å². The minimum absolute atomic E-state index is 0.111. The summed E-state index contributed by atoms with van der Waals surface area (Å²) in [5.74, 6) is 0.825. The lowest BCUT2D eigenvalue weighted by Crippen LogP contribution is -2.40. The zero-order valence-corrected chi connectivity index (χ0v) is 7.12. The van der Waals surface area contributed by atoms with E-state index in [1.807, 2.05) is 0 Å². The molecule has 72 valence electrons. The normalized spacial score (nSPS) is 11.4. The third-order valence-electron chi connectivity index (χ3n) is 1.37. The second kappa shape index (κ2) is 6.03. The Morgan fingerprint density at radius 3 is 2.69 bits per heavy atom. The van der Waals surface area contributed by atoms with E-state index in [4.69, 9.17) is 17.3 Å². The predicted octanol–water partition coefficient (Wildman–Crippen LogP) is -1.07. The first-order chi connectivity index (χ1) is 6.07. The maximum absolute atomic E-state index is 11.0. The van der Waals surface area contributed by atoms with Crippen molar-refractivity contribution in [3.05, 3.63) is 0 Å². The molecule has 4 N–H and O–H groups in total. The van der Waals surface area contributed by atoms with E-state index >= 15 is 0 Å². The molecule has 0 bridgehead atoms. The molecule has 0 saturated carbocycles. The van der Waals surface area contributed by atoms with E-state index in [0.29, 0.717) is 0 Å². The molecule has 0 aromatic rings. The Hall–Kier alpha value is -1.54. The Morgan fingerprint density at radius 1 is 1.62 bits per heavy atom. The Kier molecular flexibility index (Phi) is 5.32. The van der Waals surface area contributed by atoms with Crippen molar-refractivity contribution in [2.45, 2.75) is 18.9 Å². The smallest absolute Gasteiger partial charge is 0.303 e. The second-order valence-electron chi connectivity index (χ2n) is 2.46. The highest BCUT2D eigenvalue weighted by atomic mass is 16.4. The Balaban J connectivity index is 3.70. The summed E-state index contributed by atoms with van der Waals surface area (Å²) < 4.78 is 0. The highest BCUT2D eigenvalue weighted by molar-refractivity contribution is 5.82. The largest absolute Gasteiger partial charge is 0.481 e. The molecule has 0 heterocycles. The van der Waals surface area contributed by atoms with Gasteiger partial charge in [-0.15, -0.1) is 6.42 Å². The Labute approximate surface area is 76.3 Å². The van der Waals surface area contributed by atoms with Gasteiger partial charge < -0.3 is 16.2 Å². The summed E-state index contributed by atoms with van der Waals surface area (Å²) in [6, 6.07) is -0.801. The van der Waals surface area contributed by atoms with Gasteiger partial charge in [0.1, 0.15) is 0 Å². The van der Waals surface area contributed by atoms with Crippen LogP contribution in [0.15, 0.2) is 0 Å². The number of hydrogen-bond donors (Lipinski definition) is 3. The minimum Gasteiger partial charge on any atom is -0.481 e. The van der Waals surface area contributed by atoms with Crippen molar-refractivity contribution >= 4 is 11.9 Å². The number of aliphatic carboxylic acids is 1. The molecule has 0 aliphatic carbocycles. The number of hydrogen-bond acceptors (Lipinski definition) is 3. The van der Waals surface area contributed by atoms with Crippen LogP contribution in [-0.4, -0.2) is 29.6 Å². The van der Waals surface area contributed by atoms with E-state index in [-0.39, 0.29) is 19.4 Å². The van der Waals surface area contributed by atoms with Crippen LogP contribution in [0.4, 0.5) is 0 Å². The highest BCUT2D eigenvalue weighted by Crippen LogP contribution is 1.94. The van der Waals surface area contributed by atoms with Crippen molar-refractivity contribution in [2.75, 3.05) is 6.54 Å². The van der Waals surface area contributed by atoms with Crippen LogP contribution in [-0.2, 0) is 9.59 Å². The fourth-order valence-electron chi connectivity index (χ4n) is 0.679. The van der Waals surface area contributed by atoms with Crippen molar-refractivity contribution in [3.8, 4) is 12.3 Å². The number of carboxylic acid groups (broad SMARTS) is 1. The van der Waals surface area contributed by atoms with Gasteiger partial charge in [0.15, 0.2) is 0 Å². The summed E-state index contributed by atoms with van der Waals surface area (Å²) in [7, 11) is 0. The first-order valence-electron chi connectivity index (χ1n) is 3.76. The van der Waals surface area contributed by atoms with Crippen molar-refractivity contribution in [3.63, 3.8) is 0 Å². The molecule has 0 aliphatic heterocycles. The molecule has 5 heteroatoms. The molecular formula is C8H12N2O3. The molecule has 0 unspecified atom stereocenters. The fourth-order valence-corrected chi connectivity index (χ4v) is 0.679. The number of carbonyl (C=O) groups excluding carboxylic acids is 1. The maximum atomic E-state index is 11.0. The van der Waals surface area contributed by atoms with Crippen LogP contribution in [0.25, 0.3) is 0 Å². The van der Waals surface area contributed by atoms with Gasteiger partial charge in [0, 0.05) is 6.42 Å². The lowest BCUT2D eigenvalue weighted by atomic mass is 10.1. The Bertz CT molecular complexity index is 232. The van der Waals surface area contributed by atoms with Crippen molar-refractivity contribution < 1.29 is 14.7 Å². The summed E-state index contributed by atoms with van der Waals surface area (Å²) in [6.45, 7) is 0.111. The zero-order valence-electron chi connectivity index (χ0n) is 7.12. The average molecular weight is 184 g/mol. The second-order valence-corrected chi connectivity index (χ2v) is 2.46. The lowest BCUT2D eigenvalue weighted by molar-refractivity contribution is -0.137. The van der Waals surface area contributed by atoms with Crippen LogP contribution in [0.1, 0.15) is 12.8 Å². The van der Waals surface area contributed by atoms with Gasteiger partial charge in [0.25, 0.3) is 0 Å². The standard InChI is InChI=1S/C8H12N2O3/c1-2-5-10-8(13)6(9)3-4-7(11)12/h1,6H,3-5,9H2,(H,10,13)(H,11,12)/t6-/m0/s1. The predicted molar refractivity (Wildman–Crippen MR) is 46.7 cm³/mol. The van der Waals surface area contributed by atoms with Gasteiger partial charge in [0.05, 0.1) is 12.6 Å². The number of carboxylic acids is 1. The van der Waals surface area contributed by atoms with Crippen LogP contribution >= 0.6 is 0 Å². The third-order valence-corrected chi connectivity index (χ3v) is 1.37. The Morgan fingerprint density at radius 2 is 2.23 bits per heavy atom. The molecule has 0 aromatic heterocycles. The van der Waals surface area contributed by atoms with E-state index in [2.05, 4.69) is 11.2 Å². The van der Waals surface area contributed by atoms with E-state index in [0.717, 1.165) is 0 Å². The number of carbonyl (C=O) groups is 2. The van der Waals surface area contributed by atoms with Crippen LogP contribution in [0, 0.1) is 12.3 Å². The number of nitrogens with two attached hydrogens (primary N) is 1. The van der Waals surface area contributed by atoms with Crippen LogP contribution in [0.3, 0.4) is 0 Å². The van der Waals surface area contributed by atoms with Gasteiger partial charge in [-0.25, -0.2) is 0 Å². The van der Waals surface area contributed by atoms with Crippen LogP contribution in [0.5, 0.6) is 0 Å². The number of amides is 1. The monoisotopic (exact) mass is 184 g/mol. The number of terminal acetylenes is 1. The summed E-state index contributed by atoms with van der Waals surface area (Å²) in [5.41, 5.74) is 5.36. The van der Waals surface area contributed by atoms with E-state index in [1.54, 1.807) is 0 Å². The molecule has 5 nitrogen and oxygen atoms in total. The van der Waals surface area contributed by atoms with Gasteiger partial charge in [-0.05, 0) is 6.42 Å². The van der Waals surface area contributed by atoms with Crippen molar-refractivity contribution in [1.82, 2.24) is 5.32 Å². The summed E-state index contributed by atoms with van der Waals surface area (Å²) >= 11 is 0. The van der Waals surface area contributed by atoms with E-state index in [1.165, 1.54) is 0 Å². The molecule has 0 aliphatic rings. The first-order valence-corrected chi connectivity index (χ1v) is 3.76. The lowest BCUT2D eigenvalue weighted by Gasteiger charge is -2.08. The number of rotatable bonds is 5. The summed E-state index contributed by atoms with van der Waals surface area (Å²) in [5, 5.41) is 10.7. The molecule has 1 amide bonds. The van der Waals surface area contributed by atoms with E-state index in [9.17, 15) is 9.59 Å². The minimum atomic E-state index is -0.972. The maximum Gasteiger partial charge on any atom is 0.303 e. The fraction of sp³-hybridized carbons (Fsp3) is 0.500. The van der Waals surface area contributed by atoms with Gasteiger partial charge in [-0.1, -0.05) is 5.92 Å². The highest BCUT2D eigenvalue weighted by Gasteiger charge is 2.13. The van der Waals surface area contributed by atoms with Crippen LogP contribution < -0.4 is 11.1 Å². The topological polar surface area (TPSA) is 92.4 Å². The van der Waals surface area contributed by atoms with E-state index < -0.39 is 17.9 Å².